The molecule has 1 aromatic rings. The molecule has 1 aliphatic rings. The summed E-state index contributed by atoms with van der Waals surface area (Å²) < 4.78 is 5.33. The lowest BCUT2D eigenvalue weighted by Crippen LogP contribution is -2.46. The van der Waals surface area contributed by atoms with Gasteiger partial charge >= 0.3 is 6.09 Å². The SMILES string of the molecule is Cc1cc(N2CCC(NC(=O)OC(C)(C)C)CC2)nc(C(C)C)n1. The highest BCUT2D eigenvalue weighted by molar-refractivity contribution is 5.68. The van der Waals surface area contributed by atoms with Crippen LogP contribution in [0, 0.1) is 6.92 Å². The van der Waals surface area contributed by atoms with E-state index in [1.54, 1.807) is 0 Å². The summed E-state index contributed by atoms with van der Waals surface area (Å²) in [4.78, 5) is 23.3. The van der Waals surface area contributed by atoms with E-state index in [1.165, 1.54) is 0 Å². The average Bonchev–Trinajstić information content (AvgIpc) is 2.45. The minimum absolute atomic E-state index is 0.156. The van der Waals surface area contributed by atoms with Crippen molar-refractivity contribution >= 4 is 11.9 Å². The van der Waals surface area contributed by atoms with Crippen molar-refractivity contribution in [2.45, 2.75) is 71.9 Å². The molecule has 1 amide bonds. The third-order valence-electron chi connectivity index (χ3n) is 3.91. The van der Waals surface area contributed by atoms with E-state index in [1.807, 2.05) is 33.8 Å². The molecule has 0 radical (unpaired) electrons. The van der Waals surface area contributed by atoms with Gasteiger partial charge in [0.25, 0.3) is 0 Å². The number of aromatic nitrogens is 2. The van der Waals surface area contributed by atoms with Crippen LogP contribution >= 0.6 is 0 Å². The second kappa shape index (κ2) is 7.36. The predicted octanol–water partition coefficient (Wildman–Crippen LogP) is 3.40. The Balaban J connectivity index is 1.92. The van der Waals surface area contributed by atoms with E-state index in [4.69, 9.17) is 9.72 Å². The molecule has 2 rings (SSSR count). The maximum absolute atomic E-state index is 11.9. The van der Waals surface area contributed by atoms with Crippen LogP contribution in [0.1, 0.15) is 64.9 Å². The maximum atomic E-state index is 11.9. The van der Waals surface area contributed by atoms with Crippen molar-refractivity contribution in [3.8, 4) is 0 Å². The average molecular weight is 334 g/mol. The van der Waals surface area contributed by atoms with E-state index in [0.717, 1.165) is 43.3 Å². The summed E-state index contributed by atoms with van der Waals surface area (Å²) >= 11 is 0. The van der Waals surface area contributed by atoms with Gasteiger partial charge in [-0.3, -0.25) is 0 Å². The normalized spacial score (nSPS) is 16.4. The first-order valence-corrected chi connectivity index (χ1v) is 8.74. The quantitative estimate of drug-likeness (QED) is 0.917. The molecule has 1 saturated heterocycles. The van der Waals surface area contributed by atoms with Crippen molar-refractivity contribution in [2.75, 3.05) is 18.0 Å². The van der Waals surface area contributed by atoms with Gasteiger partial charge in [-0.05, 0) is 40.5 Å². The zero-order valence-electron chi connectivity index (χ0n) is 15.7. The molecule has 1 fully saturated rings. The van der Waals surface area contributed by atoms with E-state index in [0.29, 0.717) is 5.92 Å². The van der Waals surface area contributed by atoms with Gasteiger partial charge in [-0.2, -0.15) is 0 Å². The van der Waals surface area contributed by atoms with Crippen LogP contribution in [0.25, 0.3) is 0 Å². The van der Waals surface area contributed by atoms with E-state index in [2.05, 4.69) is 29.0 Å². The summed E-state index contributed by atoms with van der Waals surface area (Å²) in [5, 5.41) is 2.97. The van der Waals surface area contributed by atoms with Gasteiger partial charge < -0.3 is 15.0 Å². The smallest absolute Gasteiger partial charge is 0.407 e. The van der Waals surface area contributed by atoms with Crippen molar-refractivity contribution < 1.29 is 9.53 Å². The molecule has 0 aromatic carbocycles. The number of carbonyl (C=O) groups is 1. The number of anilines is 1. The lowest BCUT2D eigenvalue weighted by molar-refractivity contribution is 0.0497. The zero-order chi connectivity index (χ0) is 17.9. The highest BCUT2D eigenvalue weighted by atomic mass is 16.6. The molecule has 6 nitrogen and oxygen atoms in total. The van der Waals surface area contributed by atoms with Crippen LogP contribution in [0.15, 0.2) is 6.07 Å². The van der Waals surface area contributed by atoms with Gasteiger partial charge in [-0.25, -0.2) is 14.8 Å². The van der Waals surface area contributed by atoms with Gasteiger partial charge in [0.15, 0.2) is 0 Å². The van der Waals surface area contributed by atoms with Crippen molar-refractivity contribution in [1.29, 1.82) is 0 Å². The number of aryl methyl sites for hydroxylation is 1. The Morgan fingerprint density at radius 3 is 2.46 bits per heavy atom. The Morgan fingerprint density at radius 2 is 1.92 bits per heavy atom. The monoisotopic (exact) mass is 334 g/mol. The summed E-state index contributed by atoms with van der Waals surface area (Å²) in [6.45, 7) is 13.6. The van der Waals surface area contributed by atoms with E-state index >= 15 is 0 Å². The number of carbonyl (C=O) groups excluding carboxylic acids is 1. The minimum atomic E-state index is -0.462. The number of nitrogens with one attached hydrogen (secondary N) is 1. The number of hydrogen-bond donors (Lipinski definition) is 1. The lowest BCUT2D eigenvalue weighted by atomic mass is 10.1. The summed E-state index contributed by atoms with van der Waals surface area (Å²) in [7, 11) is 0. The van der Waals surface area contributed by atoms with Crippen molar-refractivity contribution in [3.05, 3.63) is 17.6 Å². The molecule has 0 aliphatic carbocycles. The Morgan fingerprint density at radius 1 is 1.29 bits per heavy atom. The maximum Gasteiger partial charge on any atom is 0.407 e. The predicted molar refractivity (Wildman–Crippen MR) is 95.5 cm³/mol. The number of ether oxygens (including phenoxy) is 1. The number of piperidine rings is 1. The van der Waals surface area contributed by atoms with Crippen molar-refractivity contribution in [3.63, 3.8) is 0 Å². The van der Waals surface area contributed by atoms with Crippen molar-refractivity contribution in [1.82, 2.24) is 15.3 Å². The molecule has 134 valence electrons. The third-order valence-corrected chi connectivity index (χ3v) is 3.91. The van der Waals surface area contributed by atoms with Gasteiger partial charge in [0.2, 0.25) is 0 Å². The van der Waals surface area contributed by atoms with Gasteiger partial charge in [-0.1, -0.05) is 13.8 Å². The summed E-state index contributed by atoms with van der Waals surface area (Å²) in [5.41, 5.74) is 0.536. The first-order chi connectivity index (χ1) is 11.1. The molecular weight excluding hydrogens is 304 g/mol. The fourth-order valence-corrected chi connectivity index (χ4v) is 2.72. The standard InChI is InChI=1S/C18H30N4O2/c1-12(2)16-19-13(3)11-15(21-16)22-9-7-14(8-10-22)20-17(23)24-18(4,5)6/h11-12,14H,7-10H2,1-6H3,(H,20,23). The van der Waals surface area contributed by atoms with Gasteiger partial charge in [0.05, 0.1) is 0 Å². The lowest BCUT2D eigenvalue weighted by Gasteiger charge is -2.33. The first-order valence-electron chi connectivity index (χ1n) is 8.74. The Kier molecular flexibility index (Phi) is 5.67. The first kappa shape index (κ1) is 18.5. The number of hydrogen-bond acceptors (Lipinski definition) is 5. The van der Waals surface area contributed by atoms with Crippen LogP contribution in [0.5, 0.6) is 0 Å². The molecule has 0 saturated carbocycles. The van der Waals surface area contributed by atoms with E-state index in [-0.39, 0.29) is 12.1 Å². The molecule has 2 heterocycles. The second-order valence-electron chi connectivity index (χ2n) is 7.79. The highest BCUT2D eigenvalue weighted by Crippen LogP contribution is 2.21. The molecule has 1 aliphatic heterocycles. The van der Waals surface area contributed by atoms with Gasteiger partial charge in [-0.15, -0.1) is 0 Å². The van der Waals surface area contributed by atoms with Crippen LogP contribution in [0.4, 0.5) is 10.6 Å². The third kappa shape index (κ3) is 5.35. The summed E-state index contributed by atoms with van der Waals surface area (Å²) in [6, 6.07) is 2.19. The topological polar surface area (TPSA) is 67.4 Å². The molecule has 24 heavy (non-hydrogen) atoms. The molecule has 0 atom stereocenters. The molecule has 0 unspecified atom stereocenters. The van der Waals surface area contributed by atoms with Crippen LogP contribution in [0.2, 0.25) is 0 Å². The molecule has 0 spiro atoms. The Hall–Kier alpha value is -1.85. The largest absolute Gasteiger partial charge is 0.444 e. The number of amides is 1. The fourth-order valence-electron chi connectivity index (χ4n) is 2.72. The molecule has 6 heteroatoms. The number of rotatable bonds is 3. The fraction of sp³-hybridized carbons (Fsp3) is 0.722. The highest BCUT2D eigenvalue weighted by Gasteiger charge is 2.24. The molecule has 1 aromatic heterocycles. The van der Waals surface area contributed by atoms with Crippen molar-refractivity contribution in [2.24, 2.45) is 0 Å². The Bertz CT molecular complexity index is 573. The molecular formula is C18H30N4O2. The molecule has 0 bridgehead atoms. The van der Waals surface area contributed by atoms with Crippen LogP contribution in [0.3, 0.4) is 0 Å². The molecule has 1 N–H and O–H groups in total. The Labute approximate surface area is 145 Å². The second-order valence-corrected chi connectivity index (χ2v) is 7.79. The summed E-state index contributed by atoms with van der Waals surface area (Å²) in [6.07, 6.45) is 1.44. The van der Waals surface area contributed by atoms with Crippen LogP contribution < -0.4 is 10.2 Å². The van der Waals surface area contributed by atoms with E-state index in [9.17, 15) is 4.79 Å². The van der Waals surface area contributed by atoms with Gasteiger partial charge in [0.1, 0.15) is 17.2 Å². The summed E-state index contributed by atoms with van der Waals surface area (Å²) in [5.74, 6) is 2.19. The number of nitrogens with zero attached hydrogens (tertiary/aromatic N) is 3. The minimum Gasteiger partial charge on any atom is -0.444 e. The number of alkyl carbamates (subject to hydrolysis) is 1. The van der Waals surface area contributed by atoms with E-state index < -0.39 is 5.60 Å². The van der Waals surface area contributed by atoms with Crippen LogP contribution in [-0.2, 0) is 4.74 Å². The van der Waals surface area contributed by atoms with Gasteiger partial charge in [0, 0.05) is 36.8 Å². The van der Waals surface area contributed by atoms with Crippen LogP contribution in [-0.4, -0.2) is 40.8 Å². The zero-order valence-corrected chi connectivity index (χ0v) is 15.7.